The lowest BCUT2D eigenvalue weighted by molar-refractivity contribution is 0.216. The lowest BCUT2D eigenvalue weighted by atomic mass is 10.3. The third kappa shape index (κ3) is 5.22. The number of nitrogens with one attached hydrogen (secondary N) is 1. The molecule has 4 nitrogen and oxygen atoms in total. The highest BCUT2D eigenvalue weighted by molar-refractivity contribution is 5.84. The third-order valence-corrected chi connectivity index (χ3v) is 1.50. The highest BCUT2D eigenvalue weighted by Gasteiger charge is 2.12. The number of hydrogen-bond acceptors (Lipinski definition) is 2. The minimum absolute atomic E-state index is 0.0463. The zero-order chi connectivity index (χ0) is 10.3. The first kappa shape index (κ1) is 11.9. The van der Waals surface area contributed by atoms with Crippen LogP contribution in [0.25, 0.3) is 0 Å². The molecule has 0 unspecified atom stereocenters. The monoisotopic (exact) mass is 185 g/mol. The largest absolute Gasteiger partial charge is 0.335 e. The van der Waals surface area contributed by atoms with Crippen LogP contribution in [-0.4, -0.2) is 29.9 Å². The second-order valence-corrected chi connectivity index (χ2v) is 3.20. The van der Waals surface area contributed by atoms with Gasteiger partial charge in [-0.15, -0.1) is 0 Å². The zero-order valence-electron chi connectivity index (χ0n) is 8.46. The maximum absolute atomic E-state index is 11.2. The van der Waals surface area contributed by atoms with Crippen LogP contribution in [0.15, 0.2) is 0 Å². The molecule has 0 saturated heterocycles. The summed E-state index contributed by atoms with van der Waals surface area (Å²) >= 11 is 0. The molecule has 13 heavy (non-hydrogen) atoms. The summed E-state index contributed by atoms with van der Waals surface area (Å²) in [5.41, 5.74) is 0. The van der Waals surface area contributed by atoms with E-state index in [2.05, 4.69) is 5.32 Å². The van der Waals surface area contributed by atoms with Crippen LogP contribution in [0.2, 0.25) is 0 Å². The van der Waals surface area contributed by atoms with Crippen molar-refractivity contribution in [3.63, 3.8) is 0 Å². The first-order valence-electron chi connectivity index (χ1n) is 4.57. The third-order valence-electron chi connectivity index (χ3n) is 1.50. The van der Waals surface area contributed by atoms with Gasteiger partial charge in [0.1, 0.15) is 0 Å². The number of unbranched alkanes of at least 4 members (excludes halogenated alkanes) is 1. The Labute approximate surface area is 79.3 Å². The van der Waals surface area contributed by atoms with Gasteiger partial charge in [0.2, 0.25) is 0 Å². The van der Waals surface area contributed by atoms with Crippen molar-refractivity contribution in [3.8, 4) is 0 Å². The van der Waals surface area contributed by atoms with E-state index in [4.69, 9.17) is 0 Å². The van der Waals surface area contributed by atoms with Crippen molar-refractivity contribution in [1.82, 2.24) is 10.2 Å². The number of carbonyl (C=O) groups excluding carboxylic acids is 2. The summed E-state index contributed by atoms with van der Waals surface area (Å²) in [5, 5.41) is 2.63. The van der Waals surface area contributed by atoms with Gasteiger partial charge >= 0.3 is 12.4 Å². The van der Waals surface area contributed by atoms with Crippen molar-refractivity contribution in [2.45, 2.75) is 39.7 Å². The maximum atomic E-state index is 11.2. The van der Waals surface area contributed by atoms with Crippen LogP contribution in [0, 0.1) is 0 Å². The summed E-state index contributed by atoms with van der Waals surface area (Å²) in [6.45, 7) is 6.14. The van der Waals surface area contributed by atoms with Gasteiger partial charge in [0, 0.05) is 12.6 Å². The van der Waals surface area contributed by atoms with Gasteiger partial charge in [-0.25, -0.2) is 4.79 Å². The molecule has 1 N–H and O–H groups in total. The Bertz CT molecular complexity index is 169. The molecule has 1 radical (unpaired) electrons. The molecule has 75 valence electrons. The average Bonchev–Trinajstić information content (AvgIpc) is 2.04. The first-order chi connectivity index (χ1) is 6.11. The molecule has 0 fully saturated rings. The molecule has 0 aromatic heterocycles. The van der Waals surface area contributed by atoms with E-state index in [1.807, 2.05) is 20.8 Å². The van der Waals surface area contributed by atoms with Crippen LogP contribution in [-0.2, 0) is 4.79 Å². The van der Waals surface area contributed by atoms with Crippen LogP contribution in [0.4, 0.5) is 4.79 Å². The molecule has 0 saturated carbocycles. The van der Waals surface area contributed by atoms with Crippen molar-refractivity contribution in [1.29, 1.82) is 0 Å². The van der Waals surface area contributed by atoms with E-state index in [-0.39, 0.29) is 12.1 Å². The number of carbonyl (C=O) groups is 1. The summed E-state index contributed by atoms with van der Waals surface area (Å²) in [7, 11) is 0. The molecule has 0 aromatic rings. The molecule has 0 spiro atoms. The van der Waals surface area contributed by atoms with E-state index in [1.165, 1.54) is 0 Å². The SMILES string of the molecule is CCCCN([C]=O)C(=O)NC(C)C. The molecule has 0 bridgehead atoms. The summed E-state index contributed by atoms with van der Waals surface area (Å²) in [5.74, 6) is 0. The second kappa shape index (κ2) is 6.46. The van der Waals surface area contributed by atoms with Crippen LogP contribution in [0.3, 0.4) is 0 Å². The van der Waals surface area contributed by atoms with Crippen LogP contribution >= 0.6 is 0 Å². The lowest BCUT2D eigenvalue weighted by Crippen LogP contribution is -2.42. The smallest absolute Gasteiger partial charge is 0.324 e. The molecule has 0 atom stereocenters. The highest BCUT2D eigenvalue weighted by Crippen LogP contribution is 1.93. The zero-order valence-corrected chi connectivity index (χ0v) is 8.46. The first-order valence-corrected chi connectivity index (χ1v) is 4.57. The molecule has 0 aromatic carbocycles. The quantitative estimate of drug-likeness (QED) is 0.656. The van der Waals surface area contributed by atoms with E-state index < -0.39 is 0 Å². The Balaban J connectivity index is 3.92. The van der Waals surface area contributed by atoms with Gasteiger partial charge in [0.15, 0.2) is 0 Å². The van der Waals surface area contributed by atoms with E-state index in [1.54, 1.807) is 6.41 Å². The molecule has 3 amide bonds. The minimum Gasteiger partial charge on any atom is -0.335 e. The summed E-state index contributed by atoms with van der Waals surface area (Å²) in [6.07, 6.45) is 3.39. The van der Waals surface area contributed by atoms with Gasteiger partial charge in [0.25, 0.3) is 0 Å². The average molecular weight is 185 g/mol. The standard InChI is InChI=1S/C9H17N2O2/c1-4-5-6-11(7-12)9(13)10-8(2)3/h8H,4-6H2,1-3H3,(H,10,13). The fraction of sp³-hybridized carbons (Fsp3) is 0.778. The van der Waals surface area contributed by atoms with Gasteiger partial charge in [0.05, 0.1) is 0 Å². The predicted molar refractivity (Wildman–Crippen MR) is 51.0 cm³/mol. The molecule has 0 rings (SSSR count). The molecule has 0 aliphatic heterocycles. The van der Waals surface area contributed by atoms with Crippen LogP contribution in [0.1, 0.15) is 33.6 Å². The fourth-order valence-electron chi connectivity index (χ4n) is 0.830. The van der Waals surface area contributed by atoms with Gasteiger partial charge in [-0.1, -0.05) is 13.3 Å². The van der Waals surface area contributed by atoms with E-state index in [0.717, 1.165) is 17.7 Å². The number of hydrogen-bond donors (Lipinski definition) is 1. The Morgan fingerprint density at radius 2 is 2.15 bits per heavy atom. The van der Waals surface area contributed by atoms with Gasteiger partial charge < -0.3 is 5.32 Å². The number of amides is 3. The Morgan fingerprint density at radius 1 is 1.54 bits per heavy atom. The van der Waals surface area contributed by atoms with Crippen molar-refractivity contribution in [3.05, 3.63) is 0 Å². The van der Waals surface area contributed by atoms with E-state index >= 15 is 0 Å². The van der Waals surface area contributed by atoms with Crippen molar-refractivity contribution in [2.75, 3.05) is 6.54 Å². The highest BCUT2D eigenvalue weighted by atomic mass is 16.2. The summed E-state index contributed by atoms with van der Waals surface area (Å²) in [4.78, 5) is 22.7. The van der Waals surface area contributed by atoms with Crippen molar-refractivity contribution in [2.24, 2.45) is 0 Å². The second-order valence-electron chi connectivity index (χ2n) is 3.20. The number of rotatable bonds is 5. The van der Waals surface area contributed by atoms with Crippen LogP contribution in [0.5, 0.6) is 0 Å². The number of imide groups is 1. The topological polar surface area (TPSA) is 49.4 Å². The lowest BCUT2D eigenvalue weighted by Gasteiger charge is -2.16. The predicted octanol–water partition coefficient (Wildman–Crippen LogP) is 1.27. The Kier molecular flexibility index (Phi) is 5.93. The van der Waals surface area contributed by atoms with Gasteiger partial charge in [-0.2, -0.15) is 0 Å². The number of urea groups is 1. The van der Waals surface area contributed by atoms with E-state index in [0.29, 0.717) is 6.54 Å². The molecular weight excluding hydrogens is 168 g/mol. The number of nitrogens with zero attached hydrogens (tertiary/aromatic N) is 1. The van der Waals surface area contributed by atoms with Crippen molar-refractivity contribution >= 4 is 12.4 Å². The Hall–Kier alpha value is -1.06. The summed E-state index contributed by atoms with van der Waals surface area (Å²) in [6, 6.07) is -0.316. The van der Waals surface area contributed by atoms with Crippen molar-refractivity contribution < 1.29 is 9.59 Å². The molecule has 0 aliphatic rings. The fourth-order valence-corrected chi connectivity index (χ4v) is 0.830. The molecule has 4 heteroatoms. The van der Waals surface area contributed by atoms with Gasteiger partial charge in [-0.05, 0) is 20.3 Å². The normalized spacial score (nSPS) is 9.85. The molecule has 0 heterocycles. The maximum Gasteiger partial charge on any atom is 0.324 e. The van der Waals surface area contributed by atoms with Crippen LogP contribution < -0.4 is 5.32 Å². The minimum atomic E-state index is -0.363. The Morgan fingerprint density at radius 3 is 2.54 bits per heavy atom. The molecular formula is C9H17N2O2. The molecule has 0 aliphatic carbocycles. The van der Waals surface area contributed by atoms with E-state index in [9.17, 15) is 9.59 Å². The van der Waals surface area contributed by atoms with Gasteiger partial charge in [-0.3, -0.25) is 9.69 Å². The summed E-state index contributed by atoms with van der Waals surface area (Å²) < 4.78 is 0.